The van der Waals surface area contributed by atoms with Crippen LogP contribution in [0.4, 0.5) is 5.69 Å². The van der Waals surface area contributed by atoms with Crippen molar-refractivity contribution in [1.29, 1.82) is 0 Å². The van der Waals surface area contributed by atoms with Crippen molar-refractivity contribution in [3.63, 3.8) is 0 Å². The number of amides is 2. The molecule has 2 amide bonds. The number of nitrogens with one attached hydrogen (secondary N) is 1. The molecule has 1 aromatic heterocycles. The largest absolute Gasteiger partial charge is 0.347 e. The van der Waals surface area contributed by atoms with Crippen LogP contribution in [0, 0.1) is 13.8 Å². The van der Waals surface area contributed by atoms with Gasteiger partial charge in [-0.25, -0.2) is 0 Å². The maximum atomic E-state index is 12.9. The Morgan fingerprint density at radius 2 is 1.79 bits per heavy atom. The minimum atomic E-state index is -0.522. The predicted octanol–water partition coefficient (Wildman–Crippen LogP) is 2.93. The zero-order chi connectivity index (χ0) is 20.4. The Labute approximate surface area is 170 Å². The molecule has 2 saturated heterocycles. The second-order valence-corrected chi connectivity index (χ2v) is 7.60. The van der Waals surface area contributed by atoms with Crippen molar-refractivity contribution in [3.05, 3.63) is 58.9 Å². The fraction of sp³-hybridized carbons (Fsp3) is 0.409. The van der Waals surface area contributed by atoms with E-state index in [1.807, 2.05) is 32.0 Å². The first kappa shape index (κ1) is 19.5. The molecule has 2 aliphatic rings. The van der Waals surface area contributed by atoms with Gasteiger partial charge >= 0.3 is 0 Å². The maximum Gasteiger partial charge on any atom is 0.274 e. The molecule has 7 heteroatoms. The standard InChI is InChI=1S/C22H25N3O4/c1-15-3-4-16(2)18(13-15)24-20(26)19-14-17(5-8-23-19)21(27)25-9-6-22(7-10-25)28-11-12-29-22/h3-5,8,13-14H,6-7,9-12H2,1-2H3,(H,24,26). The molecule has 1 spiro atoms. The summed E-state index contributed by atoms with van der Waals surface area (Å²) >= 11 is 0. The van der Waals surface area contributed by atoms with E-state index in [0.29, 0.717) is 44.7 Å². The van der Waals surface area contributed by atoms with Gasteiger partial charge in [-0.05, 0) is 43.2 Å². The number of carbonyl (C=O) groups is 2. The number of hydrogen-bond acceptors (Lipinski definition) is 5. The van der Waals surface area contributed by atoms with Crippen molar-refractivity contribution < 1.29 is 19.1 Å². The fourth-order valence-corrected chi connectivity index (χ4v) is 3.76. The summed E-state index contributed by atoms with van der Waals surface area (Å²) in [5.41, 5.74) is 3.44. The Bertz CT molecular complexity index is 927. The molecule has 152 valence electrons. The van der Waals surface area contributed by atoms with E-state index in [9.17, 15) is 9.59 Å². The van der Waals surface area contributed by atoms with Crippen LogP contribution in [0.15, 0.2) is 36.5 Å². The third kappa shape index (κ3) is 4.16. The number of ether oxygens (including phenoxy) is 2. The van der Waals surface area contributed by atoms with Gasteiger partial charge in [0.05, 0.1) is 13.2 Å². The van der Waals surface area contributed by atoms with Gasteiger partial charge in [0.15, 0.2) is 5.79 Å². The summed E-state index contributed by atoms with van der Waals surface area (Å²) in [6, 6.07) is 9.06. The lowest BCUT2D eigenvalue weighted by atomic mass is 10.0. The van der Waals surface area contributed by atoms with Gasteiger partial charge in [-0.1, -0.05) is 12.1 Å². The van der Waals surface area contributed by atoms with Crippen LogP contribution in [0.3, 0.4) is 0 Å². The lowest BCUT2D eigenvalue weighted by Gasteiger charge is -2.37. The second-order valence-electron chi connectivity index (χ2n) is 7.60. The highest BCUT2D eigenvalue weighted by atomic mass is 16.7. The molecular weight excluding hydrogens is 370 g/mol. The number of piperidine rings is 1. The van der Waals surface area contributed by atoms with Crippen LogP contribution in [-0.4, -0.2) is 53.8 Å². The van der Waals surface area contributed by atoms with Gasteiger partial charge in [0, 0.05) is 43.4 Å². The molecule has 29 heavy (non-hydrogen) atoms. The third-order valence-electron chi connectivity index (χ3n) is 5.51. The highest BCUT2D eigenvalue weighted by molar-refractivity contribution is 6.05. The average molecular weight is 395 g/mol. The van der Waals surface area contributed by atoms with Gasteiger partial charge < -0.3 is 19.7 Å². The molecule has 2 aromatic rings. The van der Waals surface area contributed by atoms with E-state index in [-0.39, 0.29) is 17.5 Å². The van der Waals surface area contributed by atoms with E-state index in [1.165, 1.54) is 6.20 Å². The van der Waals surface area contributed by atoms with Crippen LogP contribution >= 0.6 is 0 Å². The van der Waals surface area contributed by atoms with Gasteiger partial charge in [-0.3, -0.25) is 14.6 Å². The molecule has 7 nitrogen and oxygen atoms in total. The van der Waals surface area contributed by atoms with Crippen molar-refractivity contribution in [3.8, 4) is 0 Å². The van der Waals surface area contributed by atoms with E-state index in [0.717, 1.165) is 16.8 Å². The summed E-state index contributed by atoms with van der Waals surface area (Å²) < 4.78 is 11.4. The number of carbonyl (C=O) groups excluding carboxylic acids is 2. The first-order valence-electron chi connectivity index (χ1n) is 9.88. The molecule has 0 radical (unpaired) electrons. The summed E-state index contributed by atoms with van der Waals surface area (Å²) in [5, 5.41) is 2.89. The number of nitrogens with zero attached hydrogens (tertiary/aromatic N) is 2. The first-order chi connectivity index (χ1) is 14.0. The molecule has 0 saturated carbocycles. The Kier molecular flexibility index (Phi) is 5.34. The molecule has 1 N–H and O–H groups in total. The minimum absolute atomic E-state index is 0.110. The monoisotopic (exact) mass is 395 g/mol. The first-order valence-corrected chi connectivity index (χ1v) is 9.88. The number of rotatable bonds is 3. The van der Waals surface area contributed by atoms with Crippen molar-refractivity contribution in [2.75, 3.05) is 31.6 Å². The number of anilines is 1. The number of aryl methyl sites for hydroxylation is 2. The highest BCUT2D eigenvalue weighted by Gasteiger charge is 2.40. The highest BCUT2D eigenvalue weighted by Crippen LogP contribution is 2.31. The number of pyridine rings is 1. The lowest BCUT2D eigenvalue weighted by Crippen LogP contribution is -2.47. The molecule has 3 heterocycles. The van der Waals surface area contributed by atoms with Crippen LogP contribution in [0.25, 0.3) is 0 Å². The topological polar surface area (TPSA) is 80.8 Å². The van der Waals surface area contributed by atoms with Gasteiger partial charge in [-0.15, -0.1) is 0 Å². The van der Waals surface area contributed by atoms with Crippen LogP contribution < -0.4 is 5.32 Å². The van der Waals surface area contributed by atoms with Crippen molar-refractivity contribution in [2.45, 2.75) is 32.5 Å². The predicted molar refractivity (Wildman–Crippen MR) is 108 cm³/mol. The summed E-state index contributed by atoms with van der Waals surface area (Å²) in [6.45, 7) is 6.24. The molecule has 2 aliphatic heterocycles. The van der Waals surface area contributed by atoms with Crippen LogP contribution in [0.5, 0.6) is 0 Å². The summed E-state index contributed by atoms with van der Waals surface area (Å²) in [6.07, 6.45) is 2.81. The van der Waals surface area contributed by atoms with Crippen LogP contribution in [0.1, 0.15) is 44.8 Å². The van der Waals surface area contributed by atoms with Gasteiger partial charge in [0.1, 0.15) is 5.69 Å². The molecule has 0 atom stereocenters. The molecule has 0 aliphatic carbocycles. The van der Waals surface area contributed by atoms with Crippen LogP contribution in [0.2, 0.25) is 0 Å². The molecule has 4 rings (SSSR count). The Morgan fingerprint density at radius 3 is 2.52 bits per heavy atom. The maximum absolute atomic E-state index is 12.9. The zero-order valence-corrected chi connectivity index (χ0v) is 16.7. The van der Waals surface area contributed by atoms with E-state index >= 15 is 0 Å². The number of benzene rings is 1. The molecule has 2 fully saturated rings. The Morgan fingerprint density at radius 1 is 1.07 bits per heavy atom. The summed E-state index contributed by atoms with van der Waals surface area (Å²) in [5.74, 6) is -0.967. The van der Waals surface area contributed by atoms with Crippen molar-refractivity contribution in [1.82, 2.24) is 9.88 Å². The van der Waals surface area contributed by atoms with Gasteiger partial charge in [-0.2, -0.15) is 0 Å². The quantitative estimate of drug-likeness (QED) is 0.864. The van der Waals surface area contributed by atoms with Crippen molar-refractivity contribution in [2.24, 2.45) is 0 Å². The zero-order valence-electron chi connectivity index (χ0n) is 16.7. The smallest absolute Gasteiger partial charge is 0.274 e. The van der Waals surface area contributed by atoms with Gasteiger partial charge in [0.25, 0.3) is 11.8 Å². The Hall–Kier alpha value is -2.77. The normalized spacial score (nSPS) is 18.1. The molecule has 1 aromatic carbocycles. The van der Waals surface area contributed by atoms with E-state index < -0.39 is 5.79 Å². The average Bonchev–Trinajstić information content (AvgIpc) is 3.19. The van der Waals surface area contributed by atoms with Crippen LogP contribution in [-0.2, 0) is 9.47 Å². The number of hydrogen-bond donors (Lipinski definition) is 1. The number of likely N-dealkylation sites (tertiary alicyclic amines) is 1. The van der Waals surface area contributed by atoms with E-state index in [4.69, 9.17) is 9.47 Å². The SMILES string of the molecule is Cc1ccc(C)c(NC(=O)c2cc(C(=O)N3CCC4(CC3)OCCO4)ccn2)c1. The second kappa shape index (κ2) is 7.93. The Balaban J connectivity index is 1.45. The minimum Gasteiger partial charge on any atom is -0.347 e. The number of aromatic nitrogens is 1. The molecule has 0 bridgehead atoms. The summed E-state index contributed by atoms with van der Waals surface area (Å²) in [7, 11) is 0. The van der Waals surface area contributed by atoms with E-state index in [2.05, 4.69) is 10.3 Å². The molecular formula is C22H25N3O4. The van der Waals surface area contributed by atoms with Gasteiger partial charge in [0.2, 0.25) is 0 Å². The van der Waals surface area contributed by atoms with Crippen molar-refractivity contribution >= 4 is 17.5 Å². The molecule has 0 unspecified atom stereocenters. The fourth-order valence-electron chi connectivity index (χ4n) is 3.76. The third-order valence-corrected chi connectivity index (χ3v) is 5.51. The van der Waals surface area contributed by atoms with E-state index in [1.54, 1.807) is 17.0 Å². The lowest BCUT2D eigenvalue weighted by molar-refractivity contribution is -0.181. The summed E-state index contributed by atoms with van der Waals surface area (Å²) in [4.78, 5) is 31.5.